The van der Waals surface area contributed by atoms with Crippen LogP contribution in [0.3, 0.4) is 0 Å². The molecule has 1 unspecified atom stereocenters. The molecule has 6 nitrogen and oxygen atoms in total. The van der Waals surface area contributed by atoms with E-state index in [4.69, 9.17) is 5.73 Å². The lowest BCUT2D eigenvalue weighted by Crippen LogP contribution is -2.15. The van der Waals surface area contributed by atoms with Crippen molar-refractivity contribution in [2.24, 2.45) is 11.0 Å². The van der Waals surface area contributed by atoms with E-state index >= 15 is 0 Å². The van der Waals surface area contributed by atoms with E-state index in [9.17, 15) is 9.50 Å². The number of nitrogens with two attached hydrogens (primary N) is 1. The molecule has 2 aromatic carbocycles. The van der Waals surface area contributed by atoms with Gasteiger partial charge in [-0.1, -0.05) is 18.2 Å². The van der Waals surface area contributed by atoms with Crippen LogP contribution in [0.2, 0.25) is 0 Å². The third-order valence-electron chi connectivity index (χ3n) is 5.44. The minimum atomic E-state index is -0.331. The summed E-state index contributed by atoms with van der Waals surface area (Å²) < 4.78 is 13.4. The fraction of sp³-hybridized carbons (Fsp3) is 0.182. The molecule has 0 amide bonds. The van der Waals surface area contributed by atoms with Crippen molar-refractivity contribution in [3.63, 3.8) is 0 Å². The van der Waals surface area contributed by atoms with Gasteiger partial charge in [0.25, 0.3) is 0 Å². The van der Waals surface area contributed by atoms with Gasteiger partial charge in [-0.25, -0.2) is 9.37 Å². The third kappa shape index (κ3) is 2.86. The Labute approximate surface area is 166 Å². The molecule has 7 heteroatoms. The van der Waals surface area contributed by atoms with Crippen molar-refractivity contribution in [3.8, 4) is 28.3 Å². The van der Waals surface area contributed by atoms with Crippen LogP contribution in [0.4, 0.5) is 10.3 Å². The van der Waals surface area contributed by atoms with E-state index in [0.717, 1.165) is 35.0 Å². The normalized spacial score (nSPS) is 16.3. The molecule has 2 aromatic rings. The summed E-state index contributed by atoms with van der Waals surface area (Å²) in [5.41, 5.74) is 9.72. The van der Waals surface area contributed by atoms with Gasteiger partial charge in [-0.15, -0.1) is 0 Å². The monoisotopic (exact) mass is 389 g/mol. The number of anilines is 1. The zero-order valence-electron chi connectivity index (χ0n) is 15.9. The lowest BCUT2D eigenvalue weighted by molar-refractivity contribution is 0.360. The molecule has 146 valence electrons. The Morgan fingerprint density at radius 2 is 2.03 bits per heavy atom. The molecular formula is C22H20FN5O. The highest BCUT2D eigenvalue weighted by Crippen LogP contribution is 2.48. The Bertz CT molecular complexity index is 1210. The molecule has 5 rings (SSSR count). The van der Waals surface area contributed by atoms with Crippen LogP contribution in [-0.4, -0.2) is 39.9 Å². The highest BCUT2D eigenvalue weighted by Gasteiger charge is 2.27. The third-order valence-corrected chi connectivity index (χ3v) is 5.44. The van der Waals surface area contributed by atoms with E-state index < -0.39 is 0 Å². The Kier molecular flexibility index (Phi) is 3.91. The van der Waals surface area contributed by atoms with Crippen LogP contribution in [-0.2, 0) is 6.42 Å². The maximum atomic E-state index is 13.4. The molecule has 29 heavy (non-hydrogen) atoms. The highest BCUT2D eigenvalue weighted by molar-refractivity contribution is 6.11. The second-order valence-corrected chi connectivity index (χ2v) is 7.48. The SMILES string of the molecule is CN1CC(Cc2cccc3c(O)c4c(-c5ccc(F)cc5)nc(N)[nH]c-4c23)C=N1. The summed E-state index contributed by atoms with van der Waals surface area (Å²) in [7, 11) is 1.95. The van der Waals surface area contributed by atoms with E-state index in [0.29, 0.717) is 22.7 Å². The van der Waals surface area contributed by atoms with Crippen molar-refractivity contribution in [1.82, 2.24) is 15.0 Å². The number of nitrogens with zero attached hydrogens (tertiary/aromatic N) is 3. The number of halogens is 1. The van der Waals surface area contributed by atoms with Gasteiger partial charge < -0.3 is 15.8 Å². The largest absolute Gasteiger partial charge is 0.507 e. The Morgan fingerprint density at radius 1 is 1.24 bits per heavy atom. The van der Waals surface area contributed by atoms with E-state index in [1.165, 1.54) is 12.1 Å². The van der Waals surface area contributed by atoms with Gasteiger partial charge in [0.1, 0.15) is 11.6 Å². The second-order valence-electron chi connectivity index (χ2n) is 7.48. The first-order valence-electron chi connectivity index (χ1n) is 9.44. The molecule has 0 spiro atoms. The number of hydrazone groups is 1. The van der Waals surface area contributed by atoms with Crippen LogP contribution in [0.1, 0.15) is 5.56 Å². The average Bonchev–Trinajstić information content (AvgIpc) is 3.24. The number of hydrogen-bond donors (Lipinski definition) is 3. The Morgan fingerprint density at radius 3 is 2.76 bits per heavy atom. The fourth-order valence-electron chi connectivity index (χ4n) is 4.19. The quantitative estimate of drug-likeness (QED) is 0.496. The molecule has 0 fully saturated rings. The minimum Gasteiger partial charge on any atom is -0.507 e. The topological polar surface area (TPSA) is 90.5 Å². The summed E-state index contributed by atoms with van der Waals surface area (Å²) in [5.74, 6) is 0.356. The molecule has 0 saturated carbocycles. The second kappa shape index (κ2) is 6.48. The van der Waals surface area contributed by atoms with E-state index in [-0.39, 0.29) is 17.5 Å². The number of aromatic amines is 1. The maximum absolute atomic E-state index is 13.4. The highest BCUT2D eigenvalue weighted by atomic mass is 19.1. The van der Waals surface area contributed by atoms with Crippen molar-refractivity contribution in [3.05, 3.63) is 53.8 Å². The average molecular weight is 389 g/mol. The zero-order chi connectivity index (χ0) is 20.1. The molecule has 4 N–H and O–H groups in total. The number of benzene rings is 2. The van der Waals surface area contributed by atoms with Crippen molar-refractivity contribution < 1.29 is 9.50 Å². The number of rotatable bonds is 3. The molecule has 0 bridgehead atoms. The smallest absolute Gasteiger partial charge is 0.198 e. The molecule has 2 aliphatic heterocycles. The minimum absolute atomic E-state index is 0.150. The van der Waals surface area contributed by atoms with Gasteiger partial charge in [0, 0.05) is 42.1 Å². The Balaban J connectivity index is 1.72. The Hall–Kier alpha value is -3.61. The number of nitrogens with one attached hydrogen (secondary N) is 1. The number of aromatic hydroxyl groups is 1. The maximum Gasteiger partial charge on any atom is 0.198 e. The van der Waals surface area contributed by atoms with Crippen LogP contribution < -0.4 is 5.73 Å². The number of hydrogen-bond acceptors (Lipinski definition) is 5. The predicted octanol–water partition coefficient (Wildman–Crippen LogP) is 3.85. The lowest BCUT2D eigenvalue weighted by Gasteiger charge is -2.13. The summed E-state index contributed by atoms with van der Waals surface area (Å²) >= 11 is 0. The summed E-state index contributed by atoms with van der Waals surface area (Å²) in [6.45, 7) is 0.856. The van der Waals surface area contributed by atoms with E-state index in [2.05, 4.69) is 21.1 Å². The lowest BCUT2D eigenvalue weighted by atomic mass is 9.96. The van der Waals surface area contributed by atoms with Gasteiger partial charge in [-0.2, -0.15) is 5.10 Å². The van der Waals surface area contributed by atoms with Crippen molar-refractivity contribution in [2.75, 3.05) is 19.3 Å². The van der Waals surface area contributed by atoms with Crippen LogP contribution in [0, 0.1) is 11.7 Å². The number of fused-ring (bicyclic) bond motifs is 3. The van der Waals surface area contributed by atoms with Crippen LogP contribution >= 0.6 is 0 Å². The zero-order valence-corrected chi connectivity index (χ0v) is 15.9. The first kappa shape index (κ1) is 17.5. The summed E-state index contributed by atoms with van der Waals surface area (Å²) in [4.78, 5) is 7.55. The molecule has 1 atom stereocenters. The molecule has 1 aliphatic carbocycles. The van der Waals surface area contributed by atoms with Crippen LogP contribution in [0.25, 0.3) is 33.3 Å². The summed E-state index contributed by atoms with van der Waals surface area (Å²) in [6, 6.07) is 11.9. The van der Waals surface area contributed by atoms with Gasteiger partial charge >= 0.3 is 0 Å². The van der Waals surface area contributed by atoms with Gasteiger partial charge in [0.05, 0.1) is 17.0 Å². The number of nitrogen functional groups attached to an aromatic ring is 1. The molecule has 0 radical (unpaired) electrons. The standard InChI is InChI=1S/C22H20FN5O/c1-28-11-12(10-25-28)9-14-3-2-4-16-17(14)20-18(21(16)29)19(26-22(24)27-20)13-5-7-15(23)8-6-13/h2-8,10,12,29H,9,11H2,1H3,(H3,24,26,27). The van der Waals surface area contributed by atoms with Gasteiger partial charge in [-0.3, -0.25) is 5.01 Å². The van der Waals surface area contributed by atoms with Gasteiger partial charge in [0.15, 0.2) is 5.95 Å². The van der Waals surface area contributed by atoms with Crippen LogP contribution in [0.15, 0.2) is 47.6 Å². The van der Waals surface area contributed by atoms with Crippen molar-refractivity contribution in [1.29, 1.82) is 0 Å². The fourth-order valence-corrected chi connectivity index (χ4v) is 4.19. The van der Waals surface area contributed by atoms with Crippen molar-refractivity contribution >= 4 is 22.9 Å². The summed E-state index contributed by atoms with van der Waals surface area (Å²) in [6.07, 6.45) is 2.76. The molecule has 3 aliphatic rings. The summed E-state index contributed by atoms with van der Waals surface area (Å²) in [5, 5.41) is 19.0. The first-order chi connectivity index (χ1) is 14.0. The first-order valence-corrected chi connectivity index (χ1v) is 9.44. The van der Waals surface area contributed by atoms with Gasteiger partial charge in [0.2, 0.25) is 0 Å². The molecule has 0 aromatic heterocycles. The van der Waals surface area contributed by atoms with E-state index in [1.807, 2.05) is 30.4 Å². The van der Waals surface area contributed by atoms with Crippen molar-refractivity contribution in [2.45, 2.75) is 6.42 Å². The molecular weight excluding hydrogens is 369 g/mol. The van der Waals surface area contributed by atoms with E-state index in [1.54, 1.807) is 12.1 Å². The predicted molar refractivity (Wildman–Crippen MR) is 113 cm³/mol. The number of aromatic nitrogens is 2. The van der Waals surface area contributed by atoms with Crippen LogP contribution in [0.5, 0.6) is 5.75 Å². The molecule has 0 saturated heterocycles. The number of H-pyrrole nitrogens is 1. The molecule has 2 heterocycles. The van der Waals surface area contributed by atoms with Gasteiger partial charge in [-0.05, 0) is 36.2 Å².